The molecule has 0 aliphatic heterocycles. The molecule has 0 spiro atoms. The molecular formula is C10H18N4. The van der Waals surface area contributed by atoms with Gasteiger partial charge in [-0.3, -0.25) is 0 Å². The second-order valence-corrected chi connectivity index (χ2v) is 3.68. The smallest absolute Gasteiger partial charge is 0.148 e. The Morgan fingerprint density at radius 2 is 2.36 bits per heavy atom. The first-order valence-corrected chi connectivity index (χ1v) is 4.95. The standard InChI is InChI=1S/C10H18N4/c1-8(3-4-11)6-12-10-5-9(2)7-13-14-10/h5,7-8H,3-4,6,11H2,1-2H3,(H,12,14). The molecule has 3 N–H and O–H groups in total. The maximum Gasteiger partial charge on any atom is 0.148 e. The van der Waals surface area contributed by atoms with E-state index in [1.165, 1.54) is 0 Å². The minimum absolute atomic E-state index is 0.572. The highest BCUT2D eigenvalue weighted by molar-refractivity contribution is 5.34. The van der Waals surface area contributed by atoms with Crippen LogP contribution in [0.1, 0.15) is 18.9 Å². The molecule has 1 unspecified atom stereocenters. The molecule has 1 heterocycles. The van der Waals surface area contributed by atoms with Gasteiger partial charge in [-0.15, -0.1) is 5.10 Å². The second-order valence-electron chi connectivity index (χ2n) is 3.68. The molecule has 78 valence electrons. The van der Waals surface area contributed by atoms with E-state index in [0.717, 1.165) is 30.9 Å². The zero-order valence-electron chi connectivity index (χ0n) is 8.83. The number of anilines is 1. The maximum atomic E-state index is 5.47. The van der Waals surface area contributed by atoms with Crippen LogP contribution in [0.3, 0.4) is 0 Å². The summed E-state index contributed by atoms with van der Waals surface area (Å²) in [6, 6.07) is 1.99. The normalized spacial score (nSPS) is 12.5. The number of hydrogen-bond acceptors (Lipinski definition) is 4. The molecule has 1 rings (SSSR count). The van der Waals surface area contributed by atoms with Crippen LogP contribution < -0.4 is 11.1 Å². The molecule has 1 atom stereocenters. The molecule has 0 saturated carbocycles. The van der Waals surface area contributed by atoms with Crippen molar-refractivity contribution >= 4 is 5.82 Å². The lowest BCUT2D eigenvalue weighted by Crippen LogP contribution is -2.15. The summed E-state index contributed by atoms with van der Waals surface area (Å²) in [4.78, 5) is 0. The quantitative estimate of drug-likeness (QED) is 0.739. The van der Waals surface area contributed by atoms with Crippen LogP contribution in [-0.2, 0) is 0 Å². The third kappa shape index (κ3) is 3.70. The molecule has 1 aromatic heterocycles. The van der Waals surface area contributed by atoms with Gasteiger partial charge in [0.2, 0.25) is 0 Å². The number of nitrogens with one attached hydrogen (secondary N) is 1. The number of nitrogens with two attached hydrogens (primary N) is 1. The number of hydrogen-bond donors (Lipinski definition) is 2. The summed E-state index contributed by atoms with van der Waals surface area (Å²) >= 11 is 0. The summed E-state index contributed by atoms with van der Waals surface area (Å²) in [5.74, 6) is 1.41. The average Bonchev–Trinajstić information content (AvgIpc) is 2.15. The van der Waals surface area contributed by atoms with Crippen molar-refractivity contribution in [1.82, 2.24) is 10.2 Å². The molecule has 4 heteroatoms. The monoisotopic (exact) mass is 194 g/mol. The van der Waals surface area contributed by atoms with Crippen molar-refractivity contribution in [3.05, 3.63) is 17.8 Å². The highest BCUT2D eigenvalue weighted by Crippen LogP contribution is 2.06. The molecule has 0 aliphatic carbocycles. The van der Waals surface area contributed by atoms with E-state index in [-0.39, 0.29) is 0 Å². The van der Waals surface area contributed by atoms with Gasteiger partial charge in [0.25, 0.3) is 0 Å². The SMILES string of the molecule is Cc1cnnc(NCC(C)CCN)c1. The molecule has 4 nitrogen and oxygen atoms in total. The molecule has 0 radical (unpaired) electrons. The van der Waals surface area contributed by atoms with Gasteiger partial charge in [0.15, 0.2) is 0 Å². The Labute approximate surface area is 84.9 Å². The fourth-order valence-electron chi connectivity index (χ4n) is 1.22. The zero-order chi connectivity index (χ0) is 10.4. The zero-order valence-corrected chi connectivity index (χ0v) is 8.83. The van der Waals surface area contributed by atoms with E-state index in [9.17, 15) is 0 Å². The molecule has 0 aliphatic rings. The lowest BCUT2D eigenvalue weighted by molar-refractivity contribution is 0.567. The Hall–Kier alpha value is -1.16. The third-order valence-corrected chi connectivity index (χ3v) is 2.08. The van der Waals surface area contributed by atoms with Crippen LogP contribution in [0, 0.1) is 12.8 Å². The average molecular weight is 194 g/mol. The molecule has 0 fully saturated rings. The number of aromatic nitrogens is 2. The Morgan fingerprint density at radius 1 is 1.57 bits per heavy atom. The summed E-state index contributed by atoms with van der Waals surface area (Å²) in [5.41, 5.74) is 6.59. The summed E-state index contributed by atoms with van der Waals surface area (Å²) in [7, 11) is 0. The van der Waals surface area contributed by atoms with Crippen molar-refractivity contribution in [1.29, 1.82) is 0 Å². The Kier molecular flexibility index (Phi) is 4.32. The highest BCUT2D eigenvalue weighted by atomic mass is 15.2. The number of aryl methyl sites for hydroxylation is 1. The van der Waals surface area contributed by atoms with Gasteiger partial charge in [0, 0.05) is 6.54 Å². The van der Waals surface area contributed by atoms with Gasteiger partial charge in [-0.1, -0.05) is 6.92 Å². The third-order valence-electron chi connectivity index (χ3n) is 2.08. The Bertz CT molecular complexity index is 275. The van der Waals surface area contributed by atoms with Gasteiger partial charge in [0.1, 0.15) is 5.82 Å². The lowest BCUT2D eigenvalue weighted by atomic mass is 10.1. The van der Waals surface area contributed by atoms with Crippen molar-refractivity contribution in [3.63, 3.8) is 0 Å². The molecule has 0 bridgehead atoms. The van der Waals surface area contributed by atoms with Gasteiger partial charge in [-0.05, 0) is 37.4 Å². The van der Waals surface area contributed by atoms with Gasteiger partial charge in [-0.25, -0.2) is 0 Å². The Balaban J connectivity index is 2.37. The van der Waals surface area contributed by atoms with Crippen LogP contribution in [-0.4, -0.2) is 23.3 Å². The topological polar surface area (TPSA) is 63.8 Å². The number of rotatable bonds is 5. The van der Waals surface area contributed by atoms with Crippen molar-refractivity contribution in [2.75, 3.05) is 18.4 Å². The summed E-state index contributed by atoms with van der Waals surface area (Å²) in [6.07, 6.45) is 2.78. The lowest BCUT2D eigenvalue weighted by Gasteiger charge is -2.11. The van der Waals surface area contributed by atoms with Crippen LogP contribution in [0.25, 0.3) is 0 Å². The minimum atomic E-state index is 0.572. The van der Waals surface area contributed by atoms with Crippen LogP contribution in [0.15, 0.2) is 12.3 Å². The van der Waals surface area contributed by atoms with Crippen molar-refractivity contribution in [2.45, 2.75) is 20.3 Å². The molecule has 0 amide bonds. The molecular weight excluding hydrogens is 176 g/mol. The van der Waals surface area contributed by atoms with Crippen LogP contribution in [0.2, 0.25) is 0 Å². The van der Waals surface area contributed by atoms with E-state index in [4.69, 9.17) is 5.73 Å². The first-order chi connectivity index (χ1) is 6.72. The van der Waals surface area contributed by atoms with Crippen molar-refractivity contribution < 1.29 is 0 Å². The van der Waals surface area contributed by atoms with E-state index in [1.807, 2.05) is 13.0 Å². The van der Waals surface area contributed by atoms with Crippen molar-refractivity contribution in [3.8, 4) is 0 Å². The van der Waals surface area contributed by atoms with Crippen LogP contribution in [0.4, 0.5) is 5.82 Å². The molecule has 0 saturated heterocycles. The van der Waals surface area contributed by atoms with E-state index in [1.54, 1.807) is 6.20 Å². The highest BCUT2D eigenvalue weighted by Gasteiger charge is 2.01. The maximum absolute atomic E-state index is 5.47. The van der Waals surface area contributed by atoms with E-state index < -0.39 is 0 Å². The summed E-state index contributed by atoms with van der Waals surface area (Å²) < 4.78 is 0. The first-order valence-electron chi connectivity index (χ1n) is 4.95. The predicted molar refractivity (Wildman–Crippen MR) is 58.1 cm³/mol. The van der Waals surface area contributed by atoms with Crippen molar-refractivity contribution in [2.24, 2.45) is 11.7 Å². The van der Waals surface area contributed by atoms with Gasteiger partial charge < -0.3 is 11.1 Å². The Morgan fingerprint density at radius 3 is 3.00 bits per heavy atom. The van der Waals surface area contributed by atoms with Gasteiger partial charge in [0.05, 0.1) is 6.20 Å². The van der Waals surface area contributed by atoms with E-state index >= 15 is 0 Å². The summed E-state index contributed by atoms with van der Waals surface area (Å²) in [6.45, 7) is 5.81. The predicted octanol–water partition coefficient (Wildman–Crippen LogP) is 1.18. The molecule has 14 heavy (non-hydrogen) atoms. The molecule has 1 aromatic rings. The van der Waals surface area contributed by atoms with Gasteiger partial charge >= 0.3 is 0 Å². The summed E-state index contributed by atoms with van der Waals surface area (Å²) in [5, 5.41) is 11.1. The second kappa shape index (κ2) is 5.54. The van der Waals surface area contributed by atoms with E-state index in [2.05, 4.69) is 22.4 Å². The van der Waals surface area contributed by atoms with Crippen LogP contribution in [0.5, 0.6) is 0 Å². The van der Waals surface area contributed by atoms with E-state index in [0.29, 0.717) is 5.92 Å². The molecule has 0 aromatic carbocycles. The fraction of sp³-hybridized carbons (Fsp3) is 0.600. The van der Waals surface area contributed by atoms with Crippen LogP contribution >= 0.6 is 0 Å². The number of nitrogens with zero attached hydrogens (tertiary/aromatic N) is 2. The minimum Gasteiger partial charge on any atom is -0.368 e. The van der Waals surface area contributed by atoms with Gasteiger partial charge in [-0.2, -0.15) is 5.10 Å². The largest absolute Gasteiger partial charge is 0.368 e. The fourth-order valence-corrected chi connectivity index (χ4v) is 1.22. The first kappa shape index (κ1) is 10.9.